The van der Waals surface area contributed by atoms with E-state index in [2.05, 4.69) is 20.2 Å². The molecule has 3 aromatic rings. The van der Waals surface area contributed by atoms with Crippen molar-refractivity contribution in [3.05, 3.63) is 54.2 Å². The van der Waals surface area contributed by atoms with Crippen molar-refractivity contribution in [1.82, 2.24) is 10.2 Å². The maximum atomic E-state index is 12.4. The average Bonchev–Trinajstić information content (AvgIpc) is 3.00. The van der Waals surface area contributed by atoms with Gasteiger partial charge >= 0.3 is 0 Å². The summed E-state index contributed by atoms with van der Waals surface area (Å²) in [6.45, 7) is 1.80. The van der Waals surface area contributed by atoms with Crippen LogP contribution in [0, 0.1) is 0 Å². The summed E-state index contributed by atoms with van der Waals surface area (Å²) in [5.41, 5.74) is 2.10. The third kappa shape index (κ3) is 3.97. The molecule has 0 bridgehead atoms. The molecule has 0 saturated carbocycles. The van der Waals surface area contributed by atoms with Gasteiger partial charge in [-0.1, -0.05) is 25.1 Å². The van der Waals surface area contributed by atoms with Gasteiger partial charge < -0.3 is 5.32 Å². The number of carbonyl (C=O) groups is 1. The van der Waals surface area contributed by atoms with E-state index in [9.17, 15) is 13.2 Å². The molecule has 0 aliphatic rings. The zero-order valence-corrected chi connectivity index (χ0v) is 14.4. The largest absolute Gasteiger partial charge is 0.321 e. The Balaban J connectivity index is 1.72. The Morgan fingerprint density at radius 2 is 1.76 bits per heavy atom. The zero-order valence-electron chi connectivity index (χ0n) is 13.6. The van der Waals surface area contributed by atoms with E-state index in [1.807, 2.05) is 24.3 Å². The van der Waals surface area contributed by atoms with Gasteiger partial charge in [0.15, 0.2) is 5.69 Å². The normalized spacial score (nSPS) is 11.4. The van der Waals surface area contributed by atoms with Gasteiger partial charge in [0.25, 0.3) is 5.91 Å². The number of amides is 1. The van der Waals surface area contributed by atoms with Crippen LogP contribution in [0.3, 0.4) is 0 Å². The molecular weight excluding hydrogens is 340 g/mol. The third-order valence-corrected chi connectivity index (χ3v) is 5.07. The number of anilines is 2. The molecule has 0 aliphatic carbocycles. The lowest BCUT2D eigenvalue weighted by molar-refractivity contribution is 0.102. The molecule has 0 saturated heterocycles. The molecule has 0 unspecified atom stereocenters. The summed E-state index contributed by atoms with van der Waals surface area (Å²) in [6.07, 6.45) is 0.543. The van der Waals surface area contributed by atoms with Crippen LogP contribution < -0.4 is 10.0 Å². The Morgan fingerprint density at radius 1 is 1.08 bits per heavy atom. The number of nitrogens with one attached hydrogen (secondary N) is 3. The van der Waals surface area contributed by atoms with Gasteiger partial charge in [-0.25, -0.2) is 8.42 Å². The van der Waals surface area contributed by atoms with E-state index in [1.54, 1.807) is 31.2 Å². The minimum Gasteiger partial charge on any atom is -0.321 e. The van der Waals surface area contributed by atoms with Gasteiger partial charge in [0.2, 0.25) is 10.0 Å². The molecule has 1 amide bonds. The number of carbonyl (C=O) groups excluding carboxylic acids is 1. The fraction of sp³-hybridized carbons (Fsp3) is 0.176. The molecule has 0 atom stereocenters. The van der Waals surface area contributed by atoms with Crippen molar-refractivity contribution in [3.8, 4) is 0 Å². The van der Waals surface area contributed by atoms with Gasteiger partial charge in [0, 0.05) is 16.8 Å². The summed E-state index contributed by atoms with van der Waals surface area (Å²) in [5.74, 6) is -0.269. The van der Waals surface area contributed by atoms with E-state index in [1.165, 1.54) is 0 Å². The SMILES string of the molecule is CCCS(=O)(=O)Nc1ccc(NC(=O)c2n[nH]c3ccccc23)cc1. The van der Waals surface area contributed by atoms with Crippen LogP contribution in [-0.2, 0) is 10.0 Å². The van der Waals surface area contributed by atoms with Crippen LogP contribution in [0.2, 0.25) is 0 Å². The molecule has 7 nitrogen and oxygen atoms in total. The lowest BCUT2D eigenvalue weighted by Crippen LogP contribution is -2.16. The summed E-state index contributed by atoms with van der Waals surface area (Å²) < 4.78 is 26.0. The van der Waals surface area contributed by atoms with Crippen LogP contribution in [-0.4, -0.2) is 30.3 Å². The van der Waals surface area contributed by atoms with E-state index in [0.29, 0.717) is 23.5 Å². The van der Waals surface area contributed by atoms with Crippen molar-refractivity contribution in [2.75, 3.05) is 15.8 Å². The van der Waals surface area contributed by atoms with Gasteiger partial charge in [-0.3, -0.25) is 14.6 Å². The number of hydrogen-bond donors (Lipinski definition) is 3. The molecule has 130 valence electrons. The van der Waals surface area contributed by atoms with Gasteiger partial charge in [0.05, 0.1) is 11.3 Å². The molecule has 0 radical (unpaired) electrons. The zero-order chi connectivity index (χ0) is 17.9. The summed E-state index contributed by atoms with van der Waals surface area (Å²) >= 11 is 0. The maximum Gasteiger partial charge on any atom is 0.276 e. The summed E-state index contributed by atoms with van der Waals surface area (Å²) in [4.78, 5) is 12.4. The minimum atomic E-state index is -3.33. The topological polar surface area (TPSA) is 104 Å². The molecule has 0 aliphatic heterocycles. The molecule has 0 spiro atoms. The first kappa shape index (κ1) is 17.0. The number of hydrogen-bond acceptors (Lipinski definition) is 4. The highest BCUT2D eigenvalue weighted by atomic mass is 32.2. The number of aromatic amines is 1. The van der Waals surface area contributed by atoms with Crippen molar-refractivity contribution in [1.29, 1.82) is 0 Å². The molecule has 25 heavy (non-hydrogen) atoms. The number of fused-ring (bicyclic) bond motifs is 1. The number of benzene rings is 2. The van der Waals surface area contributed by atoms with E-state index < -0.39 is 10.0 Å². The lowest BCUT2D eigenvalue weighted by atomic mass is 10.2. The second kappa shape index (κ2) is 6.94. The quantitative estimate of drug-likeness (QED) is 0.630. The third-order valence-electron chi connectivity index (χ3n) is 3.57. The number of sulfonamides is 1. The molecule has 3 rings (SSSR count). The lowest BCUT2D eigenvalue weighted by Gasteiger charge is -2.08. The average molecular weight is 358 g/mol. The second-order valence-corrected chi connectivity index (χ2v) is 7.41. The number of nitrogens with zero attached hydrogens (tertiary/aromatic N) is 1. The van der Waals surface area contributed by atoms with Crippen molar-refractivity contribution in [2.45, 2.75) is 13.3 Å². The van der Waals surface area contributed by atoms with E-state index in [0.717, 1.165) is 10.9 Å². The number of H-pyrrole nitrogens is 1. The molecule has 1 aromatic heterocycles. The van der Waals surface area contributed by atoms with Gasteiger partial charge in [-0.15, -0.1) is 0 Å². The highest BCUT2D eigenvalue weighted by Gasteiger charge is 2.14. The Bertz CT molecular complexity index is 994. The first-order valence-corrected chi connectivity index (χ1v) is 9.49. The number of aromatic nitrogens is 2. The van der Waals surface area contributed by atoms with Crippen molar-refractivity contribution in [3.63, 3.8) is 0 Å². The highest BCUT2D eigenvalue weighted by Crippen LogP contribution is 2.19. The van der Waals surface area contributed by atoms with Crippen molar-refractivity contribution < 1.29 is 13.2 Å². The predicted molar refractivity (Wildman–Crippen MR) is 98.2 cm³/mol. The Kier molecular flexibility index (Phi) is 4.71. The first-order valence-electron chi connectivity index (χ1n) is 7.83. The maximum absolute atomic E-state index is 12.4. The highest BCUT2D eigenvalue weighted by molar-refractivity contribution is 7.92. The van der Waals surface area contributed by atoms with Gasteiger partial charge in [0.1, 0.15) is 0 Å². The Morgan fingerprint density at radius 3 is 2.48 bits per heavy atom. The fourth-order valence-corrected chi connectivity index (χ4v) is 3.58. The van der Waals surface area contributed by atoms with Gasteiger partial charge in [-0.2, -0.15) is 5.10 Å². The first-order chi connectivity index (χ1) is 12.0. The summed E-state index contributed by atoms with van der Waals surface area (Å²) in [5, 5.41) is 10.4. The monoisotopic (exact) mass is 358 g/mol. The van der Waals surface area contributed by atoms with Gasteiger partial charge in [-0.05, 0) is 36.8 Å². The van der Waals surface area contributed by atoms with Crippen LogP contribution in [0.4, 0.5) is 11.4 Å². The van der Waals surface area contributed by atoms with E-state index >= 15 is 0 Å². The predicted octanol–water partition coefficient (Wildman–Crippen LogP) is 2.97. The standard InChI is InChI=1S/C17H18N4O3S/c1-2-11-25(23,24)21-13-9-7-12(8-10-13)18-17(22)16-14-5-3-4-6-15(14)19-20-16/h3-10,21H,2,11H2,1H3,(H,18,22)(H,19,20). The minimum absolute atomic E-state index is 0.0672. The van der Waals surface area contributed by atoms with Crippen LogP contribution >= 0.6 is 0 Å². The van der Waals surface area contributed by atoms with E-state index in [4.69, 9.17) is 0 Å². The number of para-hydroxylation sites is 1. The van der Waals surface area contributed by atoms with E-state index in [-0.39, 0.29) is 11.7 Å². The molecular formula is C17H18N4O3S. The molecule has 1 heterocycles. The van der Waals surface area contributed by atoms with Crippen LogP contribution in [0.5, 0.6) is 0 Å². The summed E-state index contributed by atoms with van der Waals surface area (Å²) in [7, 11) is -3.33. The van der Waals surface area contributed by atoms with Crippen LogP contribution in [0.15, 0.2) is 48.5 Å². The Labute approximate surface area is 145 Å². The number of rotatable bonds is 6. The molecule has 3 N–H and O–H groups in total. The molecule has 8 heteroatoms. The Hall–Kier alpha value is -2.87. The summed E-state index contributed by atoms with van der Waals surface area (Å²) in [6, 6.07) is 13.8. The molecule has 0 fully saturated rings. The van der Waals surface area contributed by atoms with Crippen LogP contribution in [0.1, 0.15) is 23.8 Å². The molecule has 2 aromatic carbocycles. The van der Waals surface area contributed by atoms with Crippen molar-refractivity contribution >= 4 is 38.2 Å². The smallest absolute Gasteiger partial charge is 0.276 e. The fourth-order valence-electron chi connectivity index (χ4n) is 2.45. The van der Waals surface area contributed by atoms with Crippen molar-refractivity contribution in [2.24, 2.45) is 0 Å². The second-order valence-electron chi connectivity index (χ2n) is 5.57. The van der Waals surface area contributed by atoms with Crippen LogP contribution in [0.25, 0.3) is 10.9 Å².